The van der Waals surface area contributed by atoms with E-state index in [1.165, 1.54) is 50.9 Å². The van der Waals surface area contributed by atoms with E-state index in [2.05, 4.69) is 35.4 Å². The molecule has 3 heterocycles. The van der Waals surface area contributed by atoms with Crippen molar-refractivity contribution in [2.75, 3.05) is 13.1 Å². The minimum Gasteiger partial charge on any atom is -0.312 e. The van der Waals surface area contributed by atoms with Gasteiger partial charge in [0.25, 0.3) is 0 Å². The highest BCUT2D eigenvalue weighted by molar-refractivity contribution is 5.08. The molecule has 1 aromatic rings. The average molecular weight is 262 g/mol. The van der Waals surface area contributed by atoms with E-state index in [-0.39, 0.29) is 0 Å². The molecule has 3 unspecified atom stereocenters. The Labute approximate surface area is 116 Å². The number of rotatable bonds is 3. The van der Waals surface area contributed by atoms with Crippen LogP contribution in [-0.4, -0.2) is 39.9 Å². The molecule has 3 atom stereocenters. The van der Waals surface area contributed by atoms with Crippen LogP contribution >= 0.6 is 0 Å². The molecular weight excluding hydrogens is 236 g/mol. The van der Waals surface area contributed by atoms with Crippen LogP contribution in [0.5, 0.6) is 0 Å². The quantitative estimate of drug-likeness (QED) is 0.905. The molecule has 0 radical (unpaired) electrons. The summed E-state index contributed by atoms with van der Waals surface area (Å²) in [5, 5.41) is 8.04. The molecule has 0 saturated carbocycles. The predicted molar refractivity (Wildman–Crippen MR) is 77.0 cm³/mol. The summed E-state index contributed by atoms with van der Waals surface area (Å²) in [6.45, 7) is 4.77. The second kappa shape index (κ2) is 5.63. The number of aromatic nitrogens is 2. The third kappa shape index (κ3) is 2.56. The Kier molecular flexibility index (Phi) is 3.89. The van der Waals surface area contributed by atoms with Crippen LogP contribution in [0.1, 0.15) is 50.8 Å². The molecule has 0 aliphatic carbocycles. The van der Waals surface area contributed by atoms with E-state index in [4.69, 9.17) is 0 Å². The van der Waals surface area contributed by atoms with Gasteiger partial charge in [0.1, 0.15) is 0 Å². The molecule has 0 aromatic carbocycles. The lowest BCUT2D eigenvalue weighted by atomic mass is 9.92. The van der Waals surface area contributed by atoms with E-state index in [0.717, 1.165) is 0 Å². The molecular formula is C15H26N4. The molecule has 2 fully saturated rings. The Morgan fingerprint density at radius 1 is 1.32 bits per heavy atom. The number of piperidine rings is 1. The minimum absolute atomic E-state index is 0.472. The van der Waals surface area contributed by atoms with Crippen molar-refractivity contribution in [3.8, 4) is 0 Å². The van der Waals surface area contributed by atoms with Gasteiger partial charge >= 0.3 is 0 Å². The summed E-state index contributed by atoms with van der Waals surface area (Å²) in [5.41, 5.74) is 1.34. The van der Waals surface area contributed by atoms with E-state index in [9.17, 15) is 0 Å². The fourth-order valence-electron chi connectivity index (χ4n) is 3.90. The van der Waals surface area contributed by atoms with Crippen LogP contribution in [0, 0.1) is 0 Å². The molecule has 1 aromatic heterocycles. The second-order valence-electron chi connectivity index (χ2n) is 6.06. The zero-order valence-corrected chi connectivity index (χ0v) is 12.2. The van der Waals surface area contributed by atoms with Gasteiger partial charge in [0.2, 0.25) is 0 Å². The van der Waals surface area contributed by atoms with Crippen molar-refractivity contribution in [1.82, 2.24) is 20.0 Å². The Morgan fingerprint density at radius 3 is 2.89 bits per heavy atom. The number of hydrogen-bond acceptors (Lipinski definition) is 3. The van der Waals surface area contributed by atoms with Crippen molar-refractivity contribution in [3.05, 3.63) is 18.0 Å². The van der Waals surface area contributed by atoms with Gasteiger partial charge in [-0.3, -0.25) is 9.58 Å². The second-order valence-corrected chi connectivity index (χ2v) is 6.06. The SMILES string of the molecule is CC(c1ccnn1C)N1CCCCC1C1CCCN1. The molecule has 19 heavy (non-hydrogen) atoms. The van der Waals surface area contributed by atoms with Crippen LogP contribution in [0.25, 0.3) is 0 Å². The number of aryl methyl sites for hydroxylation is 1. The molecule has 0 spiro atoms. The maximum Gasteiger partial charge on any atom is 0.0549 e. The Bertz CT molecular complexity index is 408. The Balaban J connectivity index is 1.77. The molecule has 2 saturated heterocycles. The van der Waals surface area contributed by atoms with E-state index in [1.807, 2.05) is 10.9 Å². The van der Waals surface area contributed by atoms with Gasteiger partial charge < -0.3 is 5.32 Å². The fraction of sp³-hybridized carbons (Fsp3) is 0.800. The average Bonchev–Trinajstić information content (AvgIpc) is 3.09. The standard InChI is InChI=1S/C15H26N4/c1-12(14-8-10-17-18(14)2)19-11-4-3-7-15(19)13-6-5-9-16-13/h8,10,12-13,15-16H,3-7,9,11H2,1-2H3. The van der Waals surface area contributed by atoms with Gasteiger partial charge in [-0.15, -0.1) is 0 Å². The first-order valence-electron chi connectivity index (χ1n) is 7.74. The van der Waals surface area contributed by atoms with E-state index >= 15 is 0 Å². The third-order valence-electron chi connectivity index (χ3n) is 4.94. The molecule has 4 heteroatoms. The molecule has 0 amide bonds. The number of likely N-dealkylation sites (tertiary alicyclic amines) is 1. The van der Waals surface area contributed by atoms with Crippen molar-refractivity contribution in [2.45, 2.75) is 57.2 Å². The topological polar surface area (TPSA) is 33.1 Å². The van der Waals surface area contributed by atoms with Gasteiger partial charge in [0.05, 0.1) is 5.69 Å². The highest BCUT2D eigenvalue weighted by Gasteiger charge is 2.34. The van der Waals surface area contributed by atoms with Crippen molar-refractivity contribution in [2.24, 2.45) is 7.05 Å². The van der Waals surface area contributed by atoms with E-state index < -0.39 is 0 Å². The number of hydrogen-bond donors (Lipinski definition) is 1. The smallest absolute Gasteiger partial charge is 0.0549 e. The Morgan fingerprint density at radius 2 is 2.21 bits per heavy atom. The molecule has 0 bridgehead atoms. The van der Waals surface area contributed by atoms with E-state index in [0.29, 0.717) is 18.1 Å². The first kappa shape index (κ1) is 13.1. The lowest BCUT2D eigenvalue weighted by molar-refractivity contribution is 0.0768. The lowest BCUT2D eigenvalue weighted by Crippen LogP contribution is -2.51. The summed E-state index contributed by atoms with van der Waals surface area (Å²) in [6, 6.07) is 4.05. The van der Waals surface area contributed by atoms with Gasteiger partial charge in [-0.1, -0.05) is 6.42 Å². The van der Waals surface area contributed by atoms with E-state index in [1.54, 1.807) is 0 Å². The van der Waals surface area contributed by atoms with Crippen molar-refractivity contribution in [1.29, 1.82) is 0 Å². The molecule has 2 aliphatic rings. The van der Waals surface area contributed by atoms with Crippen molar-refractivity contribution >= 4 is 0 Å². The predicted octanol–water partition coefficient (Wildman–Crippen LogP) is 2.09. The number of nitrogens with zero attached hydrogens (tertiary/aromatic N) is 3. The first-order chi connectivity index (χ1) is 9.27. The van der Waals surface area contributed by atoms with Gasteiger partial charge in [-0.05, 0) is 51.8 Å². The highest BCUT2D eigenvalue weighted by atomic mass is 15.3. The van der Waals surface area contributed by atoms with Crippen LogP contribution in [0.2, 0.25) is 0 Å². The van der Waals surface area contributed by atoms with Gasteiger partial charge in [0, 0.05) is 31.4 Å². The third-order valence-corrected chi connectivity index (χ3v) is 4.94. The molecule has 4 nitrogen and oxygen atoms in total. The minimum atomic E-state index is 0.472. The summed E-state index contributed by atoms with van der Waals surface area (Å²) in [7, 11) is 2.05. The maximum absolute atomic E-state index is 4.33. The lowest BCUT2D eigenvalue weighted by Gasteiger charge is -2.42. The molecule has 3 rings (SSSR count). The van der Waals surface area contributed by atoms with Crippen LogP contribution in [-0.2, 0) is 7.05 Å². The summed E-state index contributed by atoms with van der Waals surface area (Å²) in [5.74, 6) is 0. The van der Waals surface area contributed by atoms with Crippen LogP contribution in [0.3, 0.4) is 0 Å². The van der Waals surface area contributed by atoms with Gasteiger partial charge in [-0.25, -0.2) is 0 Å². The van der Waals surface area contributed by atoms with Gasteiger partial charge in [0.15, 0.2) is 0 Å². The van der Waals surface area contributed by atoms with Crippen LogP contribution in [0.4, 0.5) is 0 Å². The highest BCUT2D eigenvalue weighted by Crippen LogP contribution is 2.31. The molecule has 106 valence electrons. The van der Waals surface area contributed by atoms with Crippen LogP contribution < -0.4 is 5.32 Å². The molecule has 2 aliphatic heterocycles. The first-order valence-corrected chi connectivity index (χ1v) is 7.74. The van der Waals surface area contributed by atoms with Crippen molar-refractivity contribution in [3.63, 3.8) is 0 Å². The Hall–Kier alpha value is -0.870. The fourth-order valence-corrected chi connectivity index (χ4v) is 3.90. The van der Waals surface area contributed by atoms with Gasteiger partial charge in [-0.2, -0.15) is 5.10 Å². The summed E-state index contributed by atoms with van der Waals surface area (Å²) >= 11 is 0. The molecule has 1 N–H and O–H groups in total. The summed E-state index contributed by atoms with van der Waals surface area (Å²) < 4.78 is 2.03. The maximum atomic E-state index is 4.33. The van der Waals surface area contributed by atoms with Crippen molar-refractivity contribution < 1.29 is 0 Å². The normalized spacial score (nSPS) is 30.6. The zero-order chi connectivity index (χ0) is 13.2. The summed E-state index contributed by atoms with van der Waals surface area (Å²) in [6.07, 6.45) is 8.68. The monoisotopic (exact) mass is 262 g/mol. The zero-order valence-electron chi connectivity index (χ0n) is 12.2. The largest absolute Gasteiger partial charge is 0.312 e. The summed E-state index contributed by atoms with van der Waals surface area (Å²) in [4.78, 5) is 2.71. The van der Waals surface area contributed by atoms with Crippen LogP contribution in [0.15, 0.2) is 12.3 Å². The number of nitrogens with one attached hydrogen (secondary N) is 1.